The Morgan fingerprint density at radius 2 is 2.11 bits per heavy atom. The lowest BCUT2D eigenvalue weighted by Crippen LogP contribution is -2.24. The Morgan fingerprint density at radius 3 is 2.74 bits per heavy atom. The lowest BCUT2D eigenvalue weighted by Gasteiger charge is -2.32. The number of ether oxygens (including phenoxy) is 1. The molecule has 1 aliphatic rings. The zero-order chi connectivity index (χ0) is 14.0. The van der Waals surface area contributed by atoms with Crippen LogP contribution in [0.2, 0.25) is 0 Å². The summed E-state index contributed by atoms with van der Waals surface area (Å²) in [6.07, 6.45) is 3.42. The van der Waals surface area contributed by atoms with Gasteiger partial charge in [-0.25, -0.2) is 9.48 Å². The second kappa shape index (κ2) is 5.72. The molecule has 0 N–H and O–H groups in total. The molecule has 1 fully saturated rings. The van der Waals surface area contributed by atoms with Crippen LogP contribution >= 0.6 is 0 Å². The van der Waals surface area contributed by atoms with Crippen molar-refractivity contribution in [2.75, 3.05) is 6.61 Å². The summed E-state index contributed by atoms with van der Waals surface area (Å²) in [6.45, 7) is 8.65. The fourth-order valence-electron chi connectivity index (χ4n) is 2.82. The second-order valence-corrected chi connectivity index (χ2v) is 5.61. The Labute approximate surface area is 114 Å². The van der Waals surface area contributed by atoms with Crippen LogP contribution in [-0.4, -0.2) is 27.6 Å². The molecule has 106 valence electrons. The highest BCUT2D eigenvalue weighted by molar-refractivity contribution is 5.88. The molecule has 2 rings (SSSR count). The van der Waals surface area contributed by atoms with E-state index < -0.39 is 0 Å². The van der Waals surface area contributed by atoms with Gasteiger partial charge in [0, 0.05) is 0 Å². The fourth-order valence-corrected chi connectivity index (χ4v) is 2.82. The third-order valence-electron chi connectivity index (χ3n) is 4.31. The largest absolute Gasteiger partial charge is 0.461 e. The number of aromatic nitrogens is 3. The maximum Gasteiger partial charge on any atom is 0.360 e. The van der Waals surface area contributed by atoms with Crippen LogP contribution in [0.4, 0.5) is 0 Å². The van der Waals surface area contributed by atoms with E-state index in [4.69, 9.17) is 4.74 Å². The number of rotatable bonds is 3. The van der Waals surface area contributed by atoms with Crippen molar-refractivity contribution < 1.29 is 9.53 Å². The van der Waals surface area contributed by atoms with Gasteiger partial charge in [0.05, 0.1) is 18.3 Å². The molecule has 1 aromatic heterocycles. The average molecular weight is 265 g/mol. The van der Waals surface area contributed by atoms with E-state index >= 15 is 0 Å². The van der Waals surface area contributed by atoms with Crippen LogP contribution < -0.4 is 0 Å². The van der Waals surface area contributed by atoms with Crippen LogP contribution in [0.25, 0.3) is 0 Å². The molecule has 0 spiro atoms. The van der Waals surface area contributed by atoms with E-state index in [-0.39, 0.29) is 5.97 Å². The Balaban J connectivity index is 2.16. The van der Waals surface area contributed by atoms with E-state index in [0.29, 0.717) is 24.3 Å². The topological polar surface area (TPSA) is 57.0 Å². The third kappa shape index (κ3) is 2.80. The normalized spacial score (nSPS) is 27.3. The van der Waals surface area contributed by atoms with Crippen LogP contribution in [-0.2, 0) is 4.74 Å². The van der Waals surface area contributed by atoms with Gasteiger partial charge in [-0.15, -0.1) is 5.10 Å². The molecule has 1 saturated carbocycles. The van der Waals surface area contributed by atoms with Gasteiger partial charge in [-0.05, 0) is 44.9 Å². The molecule has 1 aromatic rings. The van der Waals surface area contributed by atoms with Gasteiger partial charge < -0.3 is 4.74 Å². The van der Waals surface area contributed by atoms with Crippen LogP contribution in [0.1, 0.15) is 62.3 Å². The van der Waals surface area contributed by atoms with Gasteiger partial charge >= 0.3 is 5.97 Å². The standard InChI is InChI=1S/C14H23N3O2/c1-5-19-14(18)13-11(4)17(16-15-13)12-7-6-9(2)10(3)8-12/h9-10,12H,5-8H2,1-4H3. The molecule has 0 aromatic carbocycles. The number of carbonyl (C=O) groups excluding carboxylic acids is 1. The van der Waals surface area contributed by atoms with Gasteiger partial charge in [0.2, 0.25) is 0 Å². The van der Waals surface area contributed by atoms with Crippen molar-refractivity contribution in [3.8, 4) is 0 Å². The Kier molecular flexibility index (Phi) is 4.22. The molecule has 0 bridgehead atoms. The predicted octanol–water partition coefficient (Wildman–Crippen LogP) is 2.76. The summed E-state index contributed by atoms with van der Waals surface area (Å²) >= 11 is 0. The first-order valence-electron chi connectivity index (χ1n) is 7.13. The van der Waals surface area contributed by atoms with Gasteiger partial charge in [0.25, 0.3) is 0 Å². The summed E-state index contributed by atoms with van der Waals surface area (Å²) in [5, 5.41) is 8.16. The molecule has 5 heteroatoms. The molecule has 0 radical (unpaired) electrons. The zero-order valence-corrected chi connectivity index (χ0v) is 12.2. The molecule has 0 saturated heterocycles. The Hall–Kier alpha value is -1.39. The van der Waals surface area contributed by atoms with Crippen molar-refractivity contribution in [1.29, 1.82) is 0 Å². The SMILES string of the molecule is CCOC(=O)c1nnn(C2CCC(C)C(C)C2)c1C. The summed E-state index contributed by atoms with van der Waals surface area (Å²) < 4.78 is 6.90. The maximum atomic E-state index is 11.7. The number of esters is 1. The van der Waals surface area contributed by atoms with Crippen molar-refractivity contribution in [3.05, 3.63) is 11.4 Å². The van der Waals surface area contributed by atoms with Gasteiger partial charge in [-0.2, -0.15) is 0 Å². The first-order chi connectivity index (χ1) is 9.04. The van der Waals surface area contributed by atoms with Gasteiger partial charge in [0.1, 0.15) is 0 Å². The highest BCUT2D eigenvalue weighted by Gasteiger charge is 2.29. The molecular formula is C14H23N3O2. The first-order valence-corrected chi connectivity index (χ1v) is 7.13. The van der Waals surface area contributed by atoms with Crippen molar-refractivity contribution in [1.82, 2.24) is 15.0 Å². The molecule has 0 amide bonds. The molecule has 3 unspecified atom stereocenters. The monoisotopic (exact) mass is 265 g/mol. The minimum absolute atomic E-state index is 0.355. The Morgan fingerprint density at radius 1 is 1.37 bits per heavy atom. The van der Waals surface area contributed by atoms with E-state index in [2.05, 4.69) is 24.2 Å². The van der Waals surface area contributed by atoms with Gasteiger partial charge in [-0.1, -0.05) is 19.1 Å². The second-order valence-electron chi connectivity index (χ2n) is 5.61. The summed E-state index contributed by atoms with van der Waals surface area (Å²) in [6, 6.07) is 0.363. The average Bonchev–Trinajstić information content (AvgIpc) is 2.75. The number of nitrogens with zero attached hydrogens (tertiary/aromatic N) is 3. The van der Waals surface area contributed by atoms with Crippen LogP contribution in [0, 0.1) is 18.8 Å². The molecule has 1 heterocycles. The fraction of sp³-hybridized carbons (Fsp3) is 0.786. The summed E-state index contributed by atoms with van der Waals surface area (Å²) in [5.74, 6) is 1.08. The van der Waals surface area contributed by atoms with E-state index in [1.54, 1.807) is 6.92 Å². The third-order valence-corrected chi connectivity index (χ3v) is 4.31. The molecular weight excluding hydrogens is 242 g/mol. The van der Waals surface area contributed by atoms with E-state index in [9.17, 15) is 4.79 Å². The van der Waals surface area contributed by atoms with E-state index in [0.717, 1.165) is 24.5 Å². The smallest absolute Gasteiger partial charge is 0.360 e. The zero-order valence-electron chi connectivity index (χ0n) is 12.2. The van der Waals surface area contributed by atoms with Crippen LogP contribution in [0.3, 0.4) is 0 Å². The van der Waals surface area contributed by atoms with Crippen LogP contribution in [0.5, 0.6) is 0 Å². The molecule has 3 atom stereocenters. The maximum absolute atomic E-state index is 11.7. The highest BCUT2D eigenvalue weighted by atomic mass is 16.5. The van der Waals surface area contributed by atoms with E-state index in [1.165, 1.54) is 6.42 Å². The lowest BCUT2D eigenvalue weighted by molar-refractivity contribution is 0.0518. The summed E-state index contributed by atoms with van der Waals surface area (Å²) in [4.78, 5) is 11.7. The quantitative estimate of drug-likeness (QED) is 0.788. The van der Waals surface area contributed by atoms with Crippen molar-refractivity contribution in [2.45, 2.75) is 53.0 Å². The number of hydrogen-bond acceptors (Lipinski definition) is 4. The van der Waals surface area contributed by atoms with Gasteiger partial charge in [0.15, 0.2) is 5.69 Å². The Bertz CT molecular complexity index is 456. The summed E-state index contributed by atoms with van der Waals surface area (Å²) in [7, 11) is 0. The lowest BCUT2D eigenvalue weighted by atomic mass is 9.79. The summed E-state index contributed by atoms with van der Waals surface area (Å²) in [5.41, 5.74) is 1.18. The number of hydrogen-bond donors (Lipinski definition) is 0. The number of carbonyl (C=O) groups is 1. The molecule has 1 aliphatic carbocycles. The molecule has 0 aliphatic heterocycles. The van der Waals surface area contributed by atoms with Crippen LogP contribution in [0.15, 0.2) is 0 Å². The van der Waals surface area contributed by atoms with Crippen molar-refractivity contribution in [2.24, 2.45) is 11.8 Å². The highest BCUT2D eigenvalue weighted by Crippen LogP contribution is 2.36. The molecule has 19 heavy (non-hydrogen) atoms. The minimum atomic E-state index is -0.372. The van der Waals surface area contributed by atoms with Crippen molar-refractivity contribution in [3.63, 3.8) is 0 Å². The minimum Gasteiger partial charge on any atom is -0.461 e. The predicted molar refractivity (Wildman–Crippen MR) is 71.9 cm³/mol. The van der Waals surface area contributed by atoms with Crippen molar-refractivity contribution >= 4 is 5.97 Å². The van der Waals surface area contributed by atoms with E-state index in [1.807, 2.05) is 11.6 Å². The van der Waals surface area contributed by atoms with Gasteiger partial charge in [-0.3, -0.25) is 0 Å². The first kappa shape index (κ1) is 14.0. The molecule has 5 nitrogen and oxygen atoms in total.